The molecule has 0 aliphatic rings. The highest BCUT2D eigenvalue weighted by Gasteiger charge is 2.04. The van der Waals surface area contributed by atoms with Gasteiger partial charge in [-0.25, -0.2) is 4.98 Å². The minimum atomic E-state index is 0.148. The smallest absolute Gasteiger partial charge is 0.137 e. The standard InChI is InChI=1S/C13H13N3O/c17-8-7-16-6-3-10-1-2-11(9-12(10)16)13-14-4-5-15-13/h1-6,9,17H,7-8H2,(H,14,15). The fourth-order valence-corrected chi connectivity index (χ4v) is 2.06. The van der Waals surface area contributed by atoms with Gasteiger partial charge < -0.3 is 14.7 Å². The molecule has 0 saturated heterocycles. The van der Waals surface area contributed by atoms with E-state index >= 15 is 0 Å². The minimum Gasteiger partial charge on any atom is -0.395 e. The summed E-state index contributed by atoms with van der Waals surface area (Å²) in [6.07, 6.45) is 5.55. The van der Waals surface area contributed by atoms with Gasteiger partial charge in [0, 0.05) is 36.2 Å². The molecular weight excluding hydrogens is 214 g/mol. The van der Waals surface area contributed by atoms with Crippen LogP contribution < -0.4 is 0 Å². The summed E-state index contributed by atoms with van der Waals surface area (Å²) in [6.45, 7) is 0.764. The second-order valence-electron chi connectivity index (χ2n) is 3.94. The number of benzene rings is 1. The third kappa shape index (κ3) is 1.72. The first-order valence-electron chi connectivity index (χ1n) is 5.58. The van der Waals surface area contributed by atoms with Crippen LogP contribution in [0.1, 0.15) is 0 Å². The average Bonchev–Trinajstić information content (AvgIpc) is 2.98. The van der Waals surface area contributed by atoms with Crippen molar-refractivity contribution in [3.05, 3.63) is 42.9 Å². The minimum absolute atomic E-state index is 0.148. The number of nitrogens with one attached hydrogen (secondary N) is 1. The normalized spacial score (nSPS) is 11.1. The Morgan fingerprint density at radius 3 is 3.00 bits per heavy atom. The van der Waals surface area contributed by atoms with E-state index in [1.54, 1.807) is 6.20 Å². The number of rotatable bonds is 3. The molecule has 2 heterocycles. The Morgan fingerprint density at radius 1 is 1.29 bits per heavy atom. The predicted octanol–water partition coefficient (Wildman–Crippen LogP) is 2.02. The maximum absolute atomic E-state index is 9.01. The van der Waals surface area contributed by atoms with Crippen molar-refractivity contribution in [2.45, 2.75) is 6.54 Å². The number of aromatic nitrogens is 3. The SMILES string of the molecule is OCCn1ccc2ccc(-c3ncc[nH]3)cc21. The number of aliphatic hydroxyl groups excluding tert-OH is 1. The molecule has 0 fully saturated rings. The Balaban J connectivity index is 2.13. The molecule has 0 saturated carbocycles. The van der Waals surface area contributed by atoms with E-state index in [0.29, 0.717) is 6.54 Å². The first kappa shape index (κ1) is 10.1. The highest BCUT2D eigenvalue weighted by molar-refractivity contribution is 5.84. The molecule has 2 N–H and O–H groups in total. The summed E-state index contributed by atoms with van der Waals surface area (Å²) in [7, 11) is 0. The molecule has 4 nitrogen and oxygen atoms in total. The average molecular weight is 227 g/mol. The van der Waals surface area contributed by atoms with Crippen LogP contribution in [0.25, 0.3) is 22.3 Å². The van der Waals surface area contributed by atoms with Crippen LogP contribution in [0.3, 0.4) is 0 Å². The molecule has 0 atom stereocenters. The summed E-state index contributed by atoms with van der Waals surface area (Å²) in [5, 5.41) is 10.2. The summed E-state index contributed by atoms with van der Waals surface area (Å²) < 4.78 is 2.04. The maximum Gasteiger partial charge on any atom is 0.137 e. The van der Waals surface area contributed by atoms with E-state index in [1.165, 1.54) is 5.39 Å². The molecule has 0 bridgehead atoms. The second-order valence-corrected chi connectivity index (χ2v) is 3.94. The molecule has 1 aromatic carbocycles. The van der Waals surface area contributed by atoms with E-state index in [2.05, 4.69) is 28.2 Å². The van der Waals surface area contributed by atoms with Crippen LogP contribution in [-0.2, 0) is 6.54 Å². The van der Waals surface area contributed by atoms with Crippen LogP contribution in [0, 0.1) is 0 Å². The lowest BCUT2D eigenvalue weighted by Crippen LogP contribution is -1.99. The van der Waals surface area contributed by atoms with Gasteiger partial charge in [-0.2, -0.15) is 0 Å². The number of aromatic amines is 1. The molecule has 2 aromatic heterocycles. The van der Waals surface area contributed by atoms with Gasteiger partial charge >= 0.3 is 0 Å². The highest BCUT2D eigenvalue weighted by atomic mass is 16.3. The van der Waals surface area contributed by atoms with E-state index in [9.17, 15) is 0 Å². The number of fused-ring (bicyclic) bond motifs is 1. The van der Waals surface area contributed by atoms with Gasteiger partial charge in [-0.1, -0.05) is 12.1 Å². The lowest BCUT2D eigenvalue weighted by molar-refractivity contribution is 0.278. The lowest BCUT2D eigenvalue weighted by atomic mass is 10.1. The maximum atomic E-state index is 9.01. The van der Waals surface area contributed by atoms with Crippen molar-refractivity contribution in [2.24, 2.45) is 0 Å². The van der Waals surface area contributed by atoms with Crippen LogP contribution in [0.5, 0.6) is 0 Å². The quantitative estimate of drug-likeness (QED) is 0.719. The monoisotopic (exact) mass is 227 g/mol. The van der Waals surface area contributed by atoms with E-state index in [0.717, 1.165) is 16.9 Å². The van der Waals surface area contributed by atoms with Crippen LogP contribution >= 0.6 is 0 Å². The number of nitrogens with zero attached hydrogens (tertiary/aromatic N) is 2. The van der Waals surface area contributed by atoms with Crippen molar-refractivity contribution in [3.8, 4) is 11.4 Å². The highest BCUT2D eigenvalue weighted by Crippen LogP contribution is 2.22. The lowest BCUT2D eigenvalue weighted by Gasteiger charge is -2.04. The van der Waals surface area contributed by atoms with Crippen molar-refractivity contribution < 1.29 is 5.11 Å². The van der Waals surface area contributed by atoms with E-state index in [1.807, 2.05) is 23.0 Å². The van der Waals surface area contributed by atoms with Crippen LogP contribution in [-0.4, -0.2) is 26.2 Å². The van der Waals surface area contributed by atoms with Gasteiger partial charge in [0.1, 0.15) is 5.82 Å². The molecule has 17 heavy (non-hydrogen) atoms. The molecule has 3 rings (SSSR count). The molecule has 0 radical (unpaired) electrons. The van der Waals surface area contributed by atoms with Crippen molar-refractivity contribution >= 4 is 10.9 Å². The Morgan fingerprint density at radius 2 is 2.24 bits per heavy atom. The Kier molecular flexibility index (Phi) is 2.42. The Hall–Kier alpha value is -2.07. The molecular formula is C13H13N3O. The van der Waals surface area contributed by atoms with E-state index in [4.69, 9.17) is 5.11 Å². The van der Waals surface area contributed by atoms with Crippen molar-refractivity contribution in [3.63, 3.8) is 0 Å². The molecule has 0 unspecified atom stereocenters. The Labute approximate surface area is 98.5 Å². The van der Waals surface area contributed by atoms with Crippen LogP contribution in [0.4, 0.5) is 0 Å². The van der Waals surface area contributed by atoms with E-state index < -0.39 is 0 Å². The van der Waals surface area contributed by atoms with Gasteiger partial charge in [0.25, 0.3) is 0 Å². The van der Waals surface area contributed by atoms with Crippen molar-refractivity contribution in [2.75, 3.05) is 6.61 Å². The van der Waals surface area contributed by atoms with Crippen molar-refractivity contribution in [1.82, 2.24) is 14.5 Å². The zero-order chi connectivity index (χ0) is 11.7. The molecule has 0 aliphatic carbocycles. The fourth-order valence-electron chi connectivity index (χ4n) is 2.06. The van der Waals surface area contributed by atoms with Crippen molar-refractivity contribution in [1.29, 1.82) is 0 Å². The van der Waals surface area contributed by atoms with Gasteiger partial charge in [-0.05, 0) is 17.5 Å². The van der Waals surface area contributed by atoms with Crippen LogP contribution in [0.15, 0.2) is 42.9 Å². The molecule has 0 aliphatic heterocycles. The summed E-state index contributed by atoms with van der Waals surface area (Å²) >= 11 is 0. The number of hydrogen-bond acceptors (Lipinski definition) is 2. The third-order valence-corrected chi connectivity index (χ3v) is 2.89. The summed E-state index contributed by atoms with van der Waals surface area (Å²) in [4.78, 5) is 7.33. The van der Waals surface area contributed by atoms with Gasteiger partial charge in [-0.15, -0.1) is 0 Å². The van der Waals surface area contributed by atoms with Crippen LogP contribution in [0.2, 0.25) is 0 Å². The molecule has 3 aromatic rings. The molecule has 0 amide bonds. The molecule has 86 valence electrons. The fraction of sp³-hybridized carbons (Fsp3) is 0.154. The third-order valence-electron chi connectivity index (χ3n) is 2.89. The van der Waals surface area contributed by atoms with E-state index in [-0.39, 0.29) is 6.61 Å². The first-order valence-corrected chi connectivity index (χ1v) is 5.58. The molecule has 0 spiro atoms. The number of aliphatic hydroxyl groups is 1. The predicted molar refractivity (Wildman–Crippen MR) is 66.6 cm³/mol. The number of hydrogen-bond donors (Lipinski definition) is 2. The summed E-state index contributed by atoms with van der Waals surface area (Å²) in [5.41, 5.74) is 2.17. The first-order chi connectivity index (χ1) is 8.38. The summed E-state index contributed by atoms with van der Waals surface area (Å²) in [6, 6.07) is 8.26. The second kappa shape index (κ2) is 4.07. The zero-order valence-electron chi connectivity index (χ0n) is 9.30. The summed E-state index contributed by atoms with van der Waals surface area (Å²) in [5.74, 6) is 0.864. The number of imidazole rings is 1. The Bertz CT molecular complexity index is 625. The van der Waals surface area contributed by atoms with Gasteiger partial charge in [0.05, 0.1) is 6.61 Å². The largest absolute Gasteiger partial charge is 0.395 e. The van der Waals surface area contributed by atoms with Gasteiger partial charge in [-0.3, -0.25) is 0 Å². The number of H-pyrrole nitrogens is 1. The topological polar surface area (TPSA) is 53.8 Å². The molecule has 4 heteroatoms. The van der Waals surface area contributed by atoms with Gasteiger partial charge in [0.15, 0.2) is 0 Å². The zero-order valence-corrected chi connectivity index (χ0v) is 9.30. The van der Waals surface area contributed by atoms with Gasteiger partial charge in [0.2, 0.25) is 0 Å².